The molecule has 1 aliphatic rings. The second-order valence-corrected chi connectivity index (χ2v) is 3.78. The van der Waals surface area contributed by atoms with E-state index in [0.29, 0.717) is 13.2 Å². The van der Waals surface area contributed by atoms with E-state index in [2.05, 4.69) is 10.6 Å². The van der Waals surface area contributed by atoms with Crippen LogP contribution in [0.1, 0.15) is 6.92 Å². The van der Waals surface area contributed by atoms with Crippen LogP contribution in [-0.4, -0.2) is 31.9 Å². The van der Waals surface area contributed by atoms with Gasteiger partial charge in [-0.3, -0.25) is 0 Å². The lowest BCUT2D eigenvalue weighted by Crippen LogP contribution is -2.28. The van der Waals surface area contributed by atoms with Gasteiger partial charge in [0.2, 0.25) is 0 Å². The summed E-state index contributed by atoms with van der Waals surface area (Å²) in [5.74, 6) is 0.780. The number of ether oxygens (including phenoxy) is 2. The van der Waals surface area contributed by atoms with E-state index in [-0.39, 0.29) is 12.1 Å². The Hall–Kier alpha value is -1.75. The van der Waals surface area contributed by atoms with Gasteiger partial charge in [0.15, 0.2) is 0 Å². The second kappa shape index (κ2) is 5.54. The van der Waals surface area contributed by atoms with Crippen molar-refractivity contribution in [3.63, 3.8) is 0 Å². The van der Waals surface area contributed by atoms with Gasteiger partial charge in [-0.2, -0.15) is 0 Å². The molecule has 0 aliphatic carbocycles. The van der Waals surface area contributed by atoms with E-state index in [0.717, 1.165) is 18.0 Å². The Kier molecular flexibility index (Phi) is 3.82. The molecule has 5 heteroatoms. The standard InChI is InChI=1S/C12H16N2O3/c1-2-13-12(15)14-9-3-5-10(6-4-9)16-7-11-8-17-11/h3-6,11H,2,7-8H2,1H3,(H2,13,14,15)/t11-/m1/s1. The number of nitrogens with one attached hydrogen (secondary N) is 2. The Balaban J connectivity index is 1.81. The van der Waals surface area contributed by atoms with Gasteiger partial charge in [0.1, 0.15) is 18.5 Å². The average molecular weight is 236 g/mol. The molecule has 2 rings (SSSR count). The van der Waals surface area contributed by atoms with Crippen molar-refractivity contribution in [3.8, 4) is 5.75 Å². The fraction of sp³-hybridized carbons (Fsp3) is 0.417. The Morgan fingerprint density at radius 2 is 2.18 bits per heavy atom. The molecule has 0 aromatic heterocycles. The van der Waals surface area contributed by atoms with Crippen LogP contribution in [0.15, 0.2) is 24.3 Å². The molecule has 92 valence electrons. The largest absolute Gasteiger partial charge is 0.491 e. The molecule has 1 fully saturated rings. The summed E-state index contributed by atoms with van der Waals surface area (Å²) in [5, 5.41) is 5.38. The van der Waals surface area contributed by atoms with Gasteiger partial charge in [-0.05, 0) is 31.2 Å². The van der Waals surface area contributed by atoms with Crippen LogP contribution >= 0.6 is 0 Å². The number of hydrogen-bond acceptors (Lipinski definition) is 3. The third-order valence-corrected chi connectivity index (χ3v) is 2.29. The number of anilines is 1. The Bertz CT molecular complexity index is 374. The molecule has 0 unspecified atom stereocenters. The van der Waals surface area contributed by atoms with Crippen molar-refractivity contribution in [2.45, 2.75) is 13.0 Å². The summed E-state index contributed by atoms with van der Waals surface area (Å²) >= 11 is 0. The van der Waals surface area contributed by atoms with E-state index >= 15 is 0 Å². The zero-order chi connectivity index (χ0) is 12.1. The molecule has 1 heterocycles. The van der Waals surface area contributed by atoms with Crippen LogP contribution in [0.5, 0.6) is 5.75 Å². The molecule has 0 saturated carbocycles. The normalized spacial score (nSPS) is 17.4. The van der Waals surface area contributed by atoms with Crippen LogP contribution in [-0.2, 0) is 4.74 Å². The van der Waals surface area contributed by atoms with Crippen LogP contribution in [0.3, 0.4) is 0 Å². The molecule has 1 aromatic carbocycles. The van der Waals surface area contributed by atoms with Gasteiger partial charge in [-0.25, -0.2) is 4.79 Å². The third-order valence-electron chi connectivity index (χ3n) is 2.29. The minimum Gasteiger partial charge on any atom is -0.491 e. The molecule has 2 N–H and O–H groups in total. The first-order valence-electron chi connectivity index (χ1n) is 5.67. The molecule has 5 nitrogen and oxygen atoms in total. The zero-order valence-electron chi connectivity index (χ0n) is 9.73. The summed E-state index contributed by atoms with van der Waals surface area (Å²) in [6.07, 6.45) is 0.253. The van der Waals surface area contributed by atoms with Gasteiger partial charge in [0.25, 0.3) is 0 Å². The minimum atomic E-state index is -0.201. The maximum atomic E-state index is 11.3. The quantitative estimate of drug-likeness (QED) is 0.763. The molecule has 0 radical (unpaired) electrons. The van der Waals surface area contributed by atoms with Gasteiger partial charge >= 0.3 is 6.03 Å². The van der Waals surface area contributed by atoms with E-state index in [1.807, 2.05) is 19.1 Å². The Labute approximate surface area is 100 Å². The number of amides is 2. The minimum absolute atomic E-state index is 0.201. The maximum Gasteiger partial charge on any atom is 0.319 e. The lowest BCUT2D eigenvalue weighted by molar-refractivity contribution is 0.252. The lowest BCUT2D eigenvalue weighted by atomic mass is 10.3. The highest BCUT2D eigenvalue weighted by molar-refractivity contribution is 5.89. The number of benzene rings is 1. The number of epoxide rings is 1. The van der Waals surface area contributed by atoms with Crippen LogP contribution in [0.4, 0.5) is 10.5 Å². The van der Waals surface area contributed by atoms with E-state index < -0.39 is 0 Å². The SMILES string of the molecule is CCNC(=O)Nc1ccc(OC[C@@H]2CO2)cc1. The molecule has 1 atom stereocenters. The van der Waals surface area contributed by atoms with Crippen molar-refractivity contribution >= 4 is 11.7 Å². The fourth-order valence-electron chi connectivity index (χ4n) is 1.32. The van der Waals surface area contributed by atoms with Crippen molar-refractivity contribution in [1.29, 1.82) is 0 Å². The van der Waals surface area contributed by atoms with E-state index in [9.17, 15) is 4.79 Å². The van der Waals surface area contributed by atoms with Crippen molar-refractivity contribution in [2.24, 2.45) is 0 Å². The highest BCUT2D eigenvalue weighted by Crippen LogP contribution is 2.17. The highest BCUT2D eigenvalue weighted by Gasteiger charge is 2.22. The summed E-state index contributed by atoms with van der Waals surface area (Å²) in [6, 6.07) is 7.05. The topological polar surface area (TPSA) is 62.9 Å². The molecule has 0 bridgehead atoms. The zero-order valence-corrected chi connectivity index (χ0v) is 9.73. The molecule has 1 aliphatic heterocycles. The van der Waals surface area contributed by atoms with Gasteiger partial charge < -0.3 is 20.1 Å². The first-order chi connectivity index (χ1) is 8.28. The predicted octanol–water partition coefficient (Wildman–Crippen LogP) is 1.61. The highest BCUT2D eigenvalue weighted by atomic mass is 16.6. The summed E-state index contributed by atoms with van der Waals surface area (Å²) < 4.78 is 10.5. The number of urea groups is 1. The number of carbonyl (C=O) groups excluding carboxylic acids is 1. The number of carbonyl (C=O) groups is 1. The van der Waals surface area contributed by atoms with Gasteiger partial charge in [0.05, 0.1) is 6.61 Å². The average Bonchev–Trinajstić information content (AvgIpc) is 3.12. The monoisotopic (exact) mass is 236 g/mol. The first kappa shape index (κ1) is 11.7. The summed E-state index contributed by atoms with van der Waals surface area (Å²) in [4.78, 5) is 11.3. The van der Waals surface area contributed by atoms with Crippen molar-refractivity contribution in [1.82, 2.24) is 5.32 Å². The number of hydrogen-bond donors (Lipinski definition) is 2. The molecule has 1 aromatic rings. The molecular weight excluding hydrogens is 220 g/mol. The van der Waals surface area contributed by atoms with Crippen molar-refractivity contribution in [3.05, 3.63) is 24.3 Å². The van der Waals surface area contributed by atoms with Gasteiger partial charge in [0, 0.05) is 12.2 Å². The van der Waals surface area contributed by atoms with Crippen molar-refractivity contribution in [2.75, 3.05) is 25.1 Å². The summed E-state index contributed by atoms with van der Waals surface area (Å²) in [5.41, 5.74) is 0.742. The van der Waals surface area contributed by atoms with Crippen molar-refractivity contribution < 1.29 is 14.3 Å². The first-order valence-corrected chi connectivity index (χ1v) is 5.67. The molecule has 1 saturated heterocycles. The summed E-state index contributed by atoms with van der Waals surface area (Å²) in [7, 11) is 0. The maximum absolute atomic E-state index is 11.3. The fourth-order valence-corrected chi connectivity index (χ4v) is 1.32. The van der Waals surface area contributed by atoms with Gasteiger partial charge in [-0.15, -0.1) is 0 Å². The second-order valence-electron chi connectivity index (χ2n) is 3.78. The van der Waals surface area contributed by atoms with Crippen LogP contribution in [0.25, 0.3) is 0 Å². The third kappa shape index (κ3) is 3.96. The smallest absolute Gasteiger partial charge is 0.319 e. The Morgan fingerprint density at radius 3 is 2.76 bits per heavy atom. The van der Waals surface area contributed by atoms with Crippen LogP contribution in [0.2, 0.25) is 0 Å². The predicted molar refractivity (Wildman–Crippen MR) is 64.4 cm³/mol. The van der Waals surface area contributed by atoms with E-state index in [4.69, 9.17) is 9.47 Å². The van der Waals surface area contributed by atoms with E-state index in [1.54, 1.807) is 12.1 Å². The number of rotatable bonds is 5. The van der Waals surface area contributed by atoms with Gasteiger partial charge in [-0.1, -0.05) is 0 Å². The summed E-state index contributed by atoms with van der Waals surface area (Å²) in [6.45, 7) is 3.85. The molecule has 2 amide bonds. The van der Waals surface area contributed by atoms with Crippen LogP contribution < -0.4 is 15.4 Å². The van der Waals surface area contributed by atoms with Crippen LogP contribution in [0, 0.1) is 0 Å². The van der Waals surface area contributed by atoms with E-state index in [1.165, 1.54) is 0 Å². The molecular formula is C12H16N2O3. The lowest BCUT2D eigenvalue weighted by Gasteiger charge is -2.07. The molecule has 0 spiro atoms. The Morgan fingerprint density at radius 1 is 1.47 bits per heavy atom. The molecule has 17 heavy (non-hydrogen) atoms.